The Morgan fingerprint density at radius 2 is 0.962 bits per heavy atom. The van der Waals surface area contributed by atoms with Crippen molar-refractivity contribution >= 4 is 19.8 Å². The van der Waals surface area contributed by atoms with Crippen LogP contribution in [0, 0.1) is 0 Å². The number of phosphoric acid groups is 1. The van der Waals surface area contributed by atoms with Crippen molar-refractivity contribution in [2.75, 3.05) is 47.5 Å². The Kier molecular flexibility index (Phi) is 35.1. The van der Waals surface area contributed by atoms with Crippen LogP contribution < -0.4 is 0 Å². The highest BCUT2D eigenvalue weighted by Gasteiger charge is 2.27. The molecule has 10 heteroatoms. The van der Waals surface area contributed by atoms with Gasteiger partial charge >= 0.3 is 19.8 Å². The monoisotopic (exact) mass is 773 g/mol. The van der Waals surface area contributed by atoms with E-state index in [4.69, 9.17) is 18.5 Å². The van der Waals surface area contributed by atoms with Crippen LogP contribution in [0.4, 0.5) is 0 Å². The minimum absolute atomic E-state index is 0.0283. The predicted molar refractivity (Wildman–Crippen MR) is 220 cm³/mol. The van der Waals surface area contributed by atoms with Gasteiger partial charge in [-0.2, -0.15) is 0 Å². The molecule has 2 atom stereocenters. The Morgan fingerprint density at radius 1 is 0.566 bits per heavy atom. The molecule has 0 amide bonds. The number of esters is 2. The van der Waals surface area contributed by atoms with Crippen molar-refractivity contribution in [1.29, 1.82) is 0 Å². The van der Waals surface area contributed by atoms with Crippen LogP contribution in [0.15, 0.2) is 24.3 Å². The lowest BCUT2D eigenvalue weighted by molar-refractivity contribution is -0.870. The summed E-state index contributed by atoms with van der Waals surface area (Å²) in [5.41, 5.74) is 0. The summed E-state index contributed by atoms with van der Waals surface area (Å²) in [5.74, 6) is -0.831. The molecule has 0 bridgehead atoms. The van der Waals surface area contributed by atoms with Crippen molar-refractivity contribution in [2.45, 2.75) is 193 Å². The summed E-state index contributed by atoms with van der Waals surface area (Å²) >= 11 is 0. The fraction of sp³-hybridized carbons (Fsp3) is 0.860. The second-order valence-corrected chi connectivity index (χ2v) is 17.2. The first-order chi connectivity index (χ1) is 25.5. The molecule has 0 aromatic carbocycles. The van der Waals surface area contributed by atoms with Crippen molar-refractivity contribution in [3.63, 3.8) is 0 Å². The summed E-state index contributed by atoms with van der Waals surface area (Å²) in [6, 6.07) is 0. The van der Waals surface area contributed by atoms with Gasteiger partial charge < -0.3 is 18.9 Å². The molecule has 0 aromatic rings. The van der Waals surface area contributed by atoms with Crippen LogP contribution in [0.1, 0.15) is 187 Å². The zero-order valence-electron chi connectivity index (χ0n) is 35.0. The van der Waals surface area contributed by atoms with Gasteiger partial charge in [-0.05, 0) is 64.2 Å². The maximum absolute atomic E-state index is 12.7. The number of hydrogen-bond donors (Lipinski definition) is 1. The second-order valence-electron chi connectivity index (χ2n) is 15.7. The van der Waals surface area contributed by atoms with Gasteiger partial charge in [-0.1, -0.05) is 134 Å². The number of ether oxygens (including phenoxy) is 2. The van der Waals surface area contributed by atoms with Crippen molar-refractivity contribution < 1.29 is 42.1 Å². The Bertz CT molecular complexity index is 964. The maximum Gasteiger partial charge on any atom is 0.472 e. The molecule has 1 N–H and O–H groups in total. The van der Waals surface area contributed by atoms with Crippen molar-refractivity contribution in [2.24, 2.45) is 0 Å². The van der Waals surface area contributed by atoms with Crippen molar-refractivity contribution in [3.8, 4) is 0 Å². The fourth-order valence-electron chi connectivity index (χ4n) is 5.77. The number of nitrogens with zero attached hydrogens (tertiary/aromatic N) is 1. The summed E-state index contributed by atoms with van der Waals surface area (Å²) < 4.78 is 34.2. The van der Waals surface area contributed by atoms with E-state index < -0.39 is 32.5 Å². The van der Waals surface area contributed by atoms with Crippen LogP contribution in [0.5, 0.6) is 0 Å². The number of rotatable bonds is 39. The van der Waals surface area contributed by atoms with Gasteiger partial charge in [0.2, 0.25) is 0 Å². The van der Waals surface area contributed by atoms with Crippen LogP contribution in [-0.4, -0.2) is 74.9 Å². The summed E-state index contributed by atoms with van der Waals surface area (Å²) in [6.45, 7) is 4.38. The van der Waals surface area contributed by atoms with Crippen molar-refractivity contribution in [3.05, 3.63) is 24.3 Å². The van der Waals surface area contributed by atoms with Crippen LogP contribution in [0.3, 0.4) is 0 Å². The molecule has 0 saturated heterocycles. The Balaban J connectivity index is 4.41. The predicted octanol–water partition coefficient (Wildman–Crippen LogP) is 12.0. The number of quaternary nitrogens is 1. The Hall–Kier alpha value is -1.51. The summed E-state index contributed by atoms with van der Waals surface area (Å²) in [4.78, 5) is 35.3. The van der Waals surface area contributed by atoms with E-state index >= 15 is 0 Å². The van der Waals surface area contributed by atoms with Gasteiger partial charge in [-0.15, -0.1) is 0 Å². The first kappa shape index (κ1) is 51.5. The van der Waals surface area contributed by atoms with E-state index in [1.54, 1.807) is 0 Å². The first-order valence-electron chi connectivity index (χ1n) is 21.6. The van der Waals surface area contributed by atoms with Gasteiger partial charge in [0.1, 0.15) is 19.8 Å². The van der Waals surface area contributed by atoms with E-state index in [9.17, 15) is 19.0 Å². The molecule has 0 aromatic heterocycles. The number of hydrogen-bond acceptors (Lipinski definition) is 7. The number of phosphoric ester groups is 1. The number of unbranched alkanes of at least 4 members (excludes halogenated alkanes) is 21. The van der Waals surface area contributed by atoms with E-state index in [1.807, 2.05) is 21.1 Å². The lowest BCUT2D eigenvalue weighted by Gasteiger charge is -2.24. The van der Waals surface area contributed by atoms with Crippen LogP contribution in [0.25, 0.3) is 0 Å². The van der Waals surface area contributed by atoms with E-state index in [2.05, 4.69) is 38.2 Å². The van der Waals surface area contributed by atoms with Gasteiger partial charge in [-0.25, -0.2) is 4.57 Å². The molecule has 53 heavy (non-hydrogen) atoms. The largest absolute Gasteiger partial charge is 0.472 e. The molecule has 0 radical (unpaired) electrons. The molecule has 0 spiro atoms. The van der Waals surface area contributed by atoms with Gasteiger partial charge in [0.25, 0.3) is 0 Å². The molecular weight excluding hydrogens is 689 g/mol. The molecule has 9 nitrogen and oxygen atoms in total. The van der Waals surface area contributed by atoms with E-state index in [0.717, 1.165) is 51.4 Å². The lowest BCUT2D eigenvalue weighted by Crippen LogP contribution is -2.37. The Labute approximate surface area is 326 Å². The van der Waals surface area contributed by atoms with E-state index in [-0.39, 0.29) is 26.1 Å². The zero-order valence-corrected chi connectivity index (χ0v) is 35.9. The van der Waals surface area contributed by atoms with Crippen LogP contribution >= 0.6 is 7.82 Å². The highest BCUT2D eigenvalue weighted by molar-refractivity contribution is 7.47. The summed E-state index contributed by atoms with van der Waals surface area (Å²) in [5, 5.41) is 0. The molecule has 1 unspecified atom stereocenters. The van der Waals surface area contributed by atoms with Crippen molar-refractivity contribution in [1.82, 2.24) is 0 Å². The molecule has 312 valence electrons. The average molecular weight is 773 g/mol. The lowest BCUT2D eigenvalue weighted by atomic mass is 10.1. The highest BCUT2D eigenvalue weighted by Crippen LogP contribution is 2.43. The third kappa shape index (κ3) is 40.0. The molecule has 0 aliphatic rings. The third-order valence-corrected chi connectivity index (χ3v) is 10.2. The summed E-state index contributed by atoms with van der Waals surface area (Å²) in [7, 11) is 1.46. The van der Waals surface area contributed by atoms with Gasteiger partial charge in [0.05, 0.1) is 27.7 Å². The molecule has 0 fully saturated rings. The minimum Gasteiger partial charge on any atom is -0.462 e. The Morgan fingerprint density at radius 3 is 1.43 bits per heavy atom. The van der Waals surface area contributed by atoms with Crippen LogP contribution in [-0.2, 0) is 32.7 Å². The molecule has 0 aliphatic heterocycles. The minimum atomic E-state index is -4.38. The SMILES string of the molecule is CCCCCCC/C=C/CCCCCCCC(=O)O[C@H](COC(=O)CCCC/C=C/CCCCCCCCCCC)COP(=O)(O)OCC[N+](C)(C)C. The standard InChI is InChI=1S/C43H82NO8P/c1-6-8-10-12-14-16-18-20-22-24-25-27-29-31-33-35-42(45)49-39-41(40-51-53(47,48)50-38-37-44(3,4)5)52-43(46)36-34-32-30-28-26-23-21-19-17-15-13-11-9-7-2/h19,21,25,27,41H,6-18,20,22-24,26,28-40H2,1-5H3/p+1/b21-19+,27-25+/t41-/m1/s1. The molecular formula is C43H83NO8P+. The number of carbonyl (C=O) groups excluding carboxylic acids is 2. The maximum atomic E-state index is 12.7. The average Bonchev–Trinajstić information content (AvgIpc) is 3.10. The summed E-state index contributed by atoms with van der Waals surface area (Å²) in [6.07, 6.45) is 37.9. The highest BCUT2D eigenvalue weighted by atomic mass is 31.2. The molecule has 0 heterocycles. The number of allylic oxidation sites excluding steroid dienone is 4. The van der Waals surface area contributed by atoms with E-state index in [0.29, 0.717) is 23.9 Å². The first-order valence-corrected chi connectivity index (χ1v) is 23.1. The zero-order chi connectivity index (χ0) is 39.3. The molecule has 0 aliphatic carbocycles. The van der Waals surface area contributed by atoms with Gasteiger partial charge in [0.15, 0.2) is 6.10 Å². The molecule has 0 saturated carbocycles. The quantitative estimate of drug-likeness (QED) is 0.0216. The third-order valence-electron chi connectivity index (χ3n) is 9.20. The second kappa shape index (κ2) is 36.1. The molecule has 0 rings (SSSR count). The van der Waals surface area contributed by atoms with E-state index in [1.165, 1.54) is 96.3 Å². The normalized spacial score (nSPS) is 13.8. The number of carbonyl (C=O) groups is 2. The van der Waals surface area contributed by atoms with Crippen LogP contribution in [0.2, 0.25) is 0 Å². The van der Waals surface area contributed by atoms with Gasteiger partial charge in [0, 0.05) is 12.8 Å². The smallest absolute Gasteiger partial charge is 0.462 e. The number of likely N-dealkylation sites (N-methyl/N-ethyl adjacent to an activating group) is 1. The van der Waals surface area contributed by atoms with Gasteiger partial charge in [-0.3, -0.25) is 18.6 Å². The fourth-order valence-corrected chi connectivity index (χ4v) is 6.51. The topological polar surface area (TPSA) is 108 Å².